The van der Waals surface area contributed by atoms with Gasteiger partial charge in [-0.15, -0.1) is 0 Å². The maximum atomic E-state index is 10.3. The summed E-state index contributed by atoms with van der Waals surface area (Å²) in [5, 5.41) is 11.0. The molecule has 0 aromatic heterocycles. The largest absolute Gasteiger partial charge is 0.497 e. The van der Waals surface area contributed by atoms with Gasteiger partial charge in [0.05, 0.1) is 13.2 Å². The lowest BCUT2D eigenvalue weighted by Crippen LogP contribution is -2.03. The molecule has 4 heteroatoms. The van der Waals surface area contributed by atoms with Gasteiger partial charge < -0.3 is 9.84 Å². The molecule has 0 radical (unpaired) electrons. The molecule has 0 aliphatic rings. The van der Waals surface area contributed by atoms with Crippen LogP contribution < -0.4 is 4.74 Å². The van der Waals surface area contributed by atoms with Crippen molar-refractivity contribution in [2.24, 2.45) is 0 Å². The van der Waals surface area contributed by atoms with Crippen LogP contribution in [0.4, 0.5) is 0 Å². The number of rotatable bonds is 4. The third kappa shape index (κ3) is 3.72. The van der Waals surface area contributed by atoms with E-state index in [0.29, 0.717) is 11.4 Å². The first-order chi connectivity index (χ1) is 9.10. The van der Waals surface area contributed by atoms with E-state index in [-0.39, 0.29) is 0 Å². The molecule has 2 nitrogen and oxygen atoms in total. The summed E-state index contributed by atoms with van der Waals surface area (Å²) in [5.74, 6) is 0.725. The van der Waals surface area contributed by atoms with Crippen LogP contribution >= 0.6 is 27.5 Å². The van der Waals surface area contributed by atoms with E-state index in [4.69, 9.17) is 16.3 Å². The standard InChI is InChI=1S/C15H14BrClO2/c1-19-12-5-6-14(16)13(9-12)15(18)8-10-3-2-4-11(17)7-10/h2-7,9,15,18H,8H2,1H3. The number of aliphatic hydroxyl groups excluding tert-OH is 1. The van der Waals surface area contributed by atoms with Gasteiger partial charge in [-0.05, 0) is 41.5 Å². The van der Waals surface area contributed by atoms with Gasteiger partial charge in [-0.3, -0.25) is 0 Å². The predicted octanol–water partition coefficient (Wildman–Crippen LogP) is 4.39. The average Bonchev–Trinajstić information content (AvgIpc) is 2.39. The van der Waals surface area contributed by atoms with Gasteiger partial charge in [0, 0.05) is 15.9 Å². The minimum atomic E-state index is -0.608. The fourth-order valence-corrected chi connectivity index (χ4v) is 2.63. The first-order valence-electron chi connectivity index (χ1n) is 5.86. The van der Waals surface area contributed by atoms with Gasteiger partial charge in [0.2, 0.25) is 0 Å². The molecular weight excluding hydrogens is 328 g/mol. The van der Waals surface area contributed by atoms with Gasteiger partial charge in [0.15, 0.2) is 0 Å². The first-order valence-corrected chi connectivity index (χ1v) is 7.03. The van der Waals surface area contributed by atoms with Gasteiger partial charge in [-0.25, -0.2) is 0 Å². The molecule has 2 aromatic rings. The van der Waals surface area contributed by atoms with E-state index < -0.39 is 6.10 Å². The van der Waals surface area contributed by atoms with Gasteiger partial charge in [-0.1, -0.05) is 39.7 Å². The Kier molecular flexibility index (Phi) is 4.86. The van der Waals surface area contributed by atoms with Crippen molar-refractivity contribution in [3.05, 3.63) is 63.1 Å². The molecule has 0 heterocycles. The zero-order chi connectivity index (χ0) is 13.8. The highest BCUT2D eigenvalue weighted by Crippen LogP contribution is 2.30. The molecule has 1 unspecified atom stereocenters. The molecular formula is C15H14BrClO2. The highest BCUT2D eigenvalue weighted by molar-refractivity contribution is 9.10. The third-order valence-electron chi connectivity index (χ3n) is 2.88. The van der Waals surface area contributed by atoms with Crippen molar-refractivity contribution >= 4 is 27.5 Å². The molecule has 0 aliphatic heterocycles. The van der Waals surface area contributed by atoms with Crippen molar-refractivity contribution in [3.8, 4) is 5.75 Å². The summed E-state index contributed by atoms with van der Waals surface area (Å²) in [6, 6.07) is 13.1. The molecule has 1 N–H and O–H groups in total. The van der Waals surface area contributed by atoms with Crippen LogP contribution in [-0.2, 0) is 6.42 Å². The van der Waals surface area contributed by atoms with E-state index in [9.17, 15) is 5.11 Å². The summed E-state index contributed by atoms with van der Waals surface area (Å²) in [7, 11) is 1.61. The lowest BCUT2D eigenvalue weighted by atomic mass is 10.0. The quantitative estimate of drug-likeness (QED) is 0.894. The van der Waals surface area contributed by atoms with Crippen molar-refractivity contribution in [1.29, 1.82) is 0 Å². The molecule has 19 heavy (non-hydrogen) atoms. The second kappa shape index (κ2) is 6.42. The Morgan fingerprint density at radius 1 is 1.26 bits per heavy atom. The normalized spacial score (nSPS) is 12.2. The summed E-state index contributed by atoms with van der Waals surface area (Å²) in [6.07, 6.45) is -0.102. The molecule has 0 saturated carbocycles. The van der Waals surface area contributed by atoms with Gasteiger partial charge in [0.25, 0.3) is 0 Å². The molecule has 100 valence electrons. The van der Waals surface area contributed by atoms with Crippen LogP contribution in [0.3, 0.4) is 0 Å². The minimum Gasteiger partial charge on any atom is -0.497 e. The molecule has 0 aliphatic carbocycles. The second-order valence-corrected chi connectivity index (χ2v) is 5.53. The highest BCUT2D eigenvalue weighted by atomic mass is 79.9. The lowest BCUT2D eigenvalue weighted by Gasteiger charge is -2.14. The van der Waals surface area contributed by atoms with E-state index in [1.807, 2.05) is 42.5 Å². The summed E-state index contributed by atoms with van der Waals surface area (Å²) in [5.41, 5.74) is 1.80. The Morgan fingerprint density at radius 3 is 2.74 bits per heavy atom. The number of aliphatic hydroxyl groups is 1. The van der Waals surface area contributed by atoms with Crippen molar-refractivity contribution in [3.63, 3.8) is 0 Å². The Labute approximate surface area is 126 Å². The number of hydrogen-bond acceptors (Lipinski definition) is 2. The minimum absolute atomic E-state index is 0.506. The zero-order valence-electron chi connectivity index (χ0n) is 10.4. The van der Waals surface area contributed by atoms with Crippen molar-refractivity contribution < 1.29 is 9.84 Å². The third-order valence-corrected chi connectivity index (χ3v) is 3.84. The van der Waals surface area contributed by atoms with E-state index in [1.165, 1.54) is 0 Å². The SMILES string of the molecule is COc1ccc(Br)c(C(O)Cc2cccc(Cl)c2)c1. The summed E-state index contributed by atoms with van der Waals surface area (Å²) in [6.45, 7) is 0. The van der Waals surface area contributed by atoms with Gasteiger partial charge in [-0.2, -0.15) is 0 Å². The van der Waals surface area contributed by atoms with E-state index in [2.05, 4.69) is 15.9 Å². The van der Waals surface area contributed by atoms with Crippen LogP contribution in [0, 0.1) is 0 Å². The monoisotopic (exact) mass is 340 g/mol. The van der Waals surface area contributed by atoms with Crippen molar-refractivity contribution in [2.75, 3.05) is 7.11 Å². The number of methoxy groups -OCH3 is 1. The Balaban J connectivity index is 2.22. The molecule has 0 bridgehead atoms. The lowest BCUT2D eigenvalue weighted by molar-refractivity contribution is 0.177. The first kappa shape index (κ1) is 14.4. The van der Waals surface area contributed by atoms with Gasteiger partial charge >= 0.3 is 0 Å². The predicted molar refractivity (Wildman–Crippen MR) is 80.8 cm³/mol. The fourth-order valence-electron chi connectivity index (χ4n) is 1.90. The maximum absolute atomic E-state index is 10.3. The van der Waals surface area contributed by atoms with E-state index >= 15 is 0 Å². The van der Waals surface area contributed by atoms with E-state index in [1.54, 1.807) is 7.11 Å². The highest BCUT2D eigenvalue weighted by Gasteiger charge is 2.13. The van der Waals surface area contributed by atoms with Crippen molar-refractivity contribution in [1.82, 2.24) is 0 Å². The second-order valence-electron chi connectivity index (χ2n) is 4.24. The number of benzene rings is 2. The molecule has 2 rings (SSSR count). The number of hydrogen-bond donors (Lipinski definition) is 1. The van der Waals surface area contributed by atoms with Gasteiger partial charge in [0.1, 0.15) is 5.75 Å². The number of halogens is 2. The van der Waals surface area contributed by atoms with Crippen LogP contribution in [-0.4, -0.2) is 12.2 Å². The summed E-state index contributed by atoms with van der Waals surface area (Å²) >= 11 is 9.39. The smallest absolute Gasteiger partial charge is 0.119 e. The summed E-state index contributed by atoms with van der Waals surface area (Å²) < 4.78 is 6.04. The van der Waals surface area contributed by atoms with Crippen LogP contribution in [0.5, 0.6) is 5.75 Å². The summed E-state index contributed by atoms with van der Waals surface area (Å²) in [4.78, 5) is 0. The Hall–Kier alpha value is -1.03. The average molecular weight is 342 g/mol. The molecule has 0 amide bonds. The van der Waals surface area contributed by atoms with Crippen LogP contribution in [0.1, 0.15) is 17.2 Å². The van der Waals surface area contributed by atoms with Crippen molar-refractivity contribution in [2.45, 2.75) is 12.5 Å². The Bertz CT molecular complexity index is 572. The zero-order valence-corrected chi connectivity index (χ0v) is 12.8. The van der Waals surface area contributed by atoms with Crippen LogP contribution in [0.25, 0.3) is 0 Å². The topological polar surface area (TPSA) is 29.5 Å². The van der Waals surface area contributed by atoms with E-state index in [0.717, 1.165) is 21.3 Å². The van der Waals surface area contributed by atoms with Crippen LogP contribution in [0.2, 0.25) is 5.02 Å². The Morgan fingerprint density at radius 2 is 2.05 bits per heavy atom. The molecule has 0 fully saturated rings. The molecule has 0 spiro atoms. The molecule has 2 aromatic carbocycles. The molecule has 1 atom stereocenters. The maximum Gasteiger partial charge on any atom is 0.119 e. The number of ether oxygens (including phenoxy) is 1. The van der Waals surface area contributed by atoms with Crippen LogP contribution in [0.15, 0.2) is 46.9 Å². The fraction of sp³-hybridized carbons (Fsp3) is 0.200. The molecule has 0 saturated heterocycles.